The van der Waals surface area contributed by atoms with Crippen molar-refractivity contribution in [2.24, 2.45) is 11.8 Å². The molecule has 6 rings (SSSR count). The number of hydrogen-bond acceptors (Lipinski definition) is 8. The van der Waals surface area contributed by atoms with Crippen molar-refractivity contribution in [1.82, 2.24) is 24.6 Å². The zero-order chi connectivity index (χ0) is 30.5. The smallest absolute Gasteiger partial charge is 0.410 e. The number of Topliss-reactive ketones (excluding diaryl/α,β-unsaturated/α-hetero) is 1. The maximum atomic E-state index is 12.7. The summed E-state index contributed by atoms with van der Waals surface area (Å²) in [6.07, 6.45) is 9.09. The first-order chi connectivity index (χ1) is 21.5. The summed E-state index contributed by atoms with van der Waals surface area (Å²) >= 11 is 0. The molecule has 1 N–H and O–H groups in total. The highest BCUT2D eigenvalue weighted by molar-refractivity contribution is 5.96. The van der Waals surface area contributed by atoms with Gasteiger partial charge in [0.1, 0.15) is 6.61 Å². The van der Waals surface area contributed by atoms with E-state index in [4.69, 9.17) is 9.72 Å². The summed E-state index contributed by atoms with van der Waals surface area (Å²) in [5.41, 5.74) is 4.92. The van der Waals surface area contributed by atoms with Crippen LogP contribution in [0, 0.1) is 30.1 Å². The van der Waals surface area contributed by atoms with E-state index >= 15 is 0 Å². The van der Waals surface area contributed by atoms with Gasteiger partial charge in [-0.1, -0.05) is 54.6 Å². The lowest BCUT2D eigenvalue weighted by atomic mass is 9.94. The lowest BCUT2D eigenvalue weighted by molar-refractivity contribution is 0.0821. The average Bonchev–Trinajstić information content (AvgIpc) is 3.81. The Morgan fingerprint density at radius 3 is 2.50 bits per heavy atom. The van der Waals surface area contributed by atoms with Crippen LogP contribution < -0.4 is 5.32 Å². The van der Waals surface area contributed by atoms with Crippen LogP contribution in [0.1, 0.15) is 59.6 Å². The summed E-state index contributed by atoms with van der Waals surface area (Å²) in [4.78, 5) is 36.2. The van der Waals surface area contributed by atoms with Crippen LogP contribution in [0.25, 0.3) is 11.3 Å². The van der Waals surface area contributed by atoms with Crippen molar-refractivity contribution in [3.05, 3.63) is 89.9 Å². The largest absolute Gasteiger partial charge is 0.445 e. The number of likely N-dealkylation sites (tertiary alicyclic amines) is 1. The van der Waals surface area contributed by atoms with Gasteiger partial charge in [-0.15, -0.1) is 0 Å². The Labute approximate surface area is 256 Å². The molecule has 224 valence electrons. The molecule has 1 saturated heterocycles. The summed E-state index contributed by atoms with van der Waals surface area (Å²) < 4.78 is 7.42. The van der Waals surface area contributed by atoms with Crippen LogP contribution in [0.2, 0.25) is 0 Å². The Hall–Kier alpha value is -5.04. The number of carbonyl (C=O) groups is 2. The quantitative estimate of drug-likeness (QED) is 0.208. The molecule has 1 atom stereocenters. The van der Waals surface area contributed by atoms with Crippen molar-refractivity contribution in [2.75, 3.05) is 18.4 Å². The molecule has 44 heavy (non-hydrogen) atoms. The number of ketones is 1. The van der Waals surface area contributed by atoms with E-state index in [1.807, 2.05) is 72.4 Å². The highest BCUT2D eigenvalue weighted by Crippen LogP contribution is 2.38. The van der Waals surface area contributed by atoms with Crippen LogP contribution in [-0.4, -0.2) is 49.6 Å². The fourth-order valence-electron chi connectivity index (χ4n) is 5.60. The van der Waals surface area contributed by atoms with Crippen molar-refractivity contribution in [3.8, 4) is 17.3 Å². The molecule has 2 aromatic heterocycles. The van der Waals surface area contributed by atoms with Crippen LogP contribution in [0.4, 0.5) is 16.4 Å². The summed E-state index contributed by atoms with van der Waals surface area (Å²) in [6, 6.07) is 19.6. The fraction of sp³-hybridized carbons (Fsp3) is 0.353. The number of aromatic nitrogens is 4. The van der Waals surface area contributed by atoms with Gasteiger partial charge in [0.25, 0.3) is 0 Å². The van der Waals surface area contributed by atoms with Crippen molar-refractivity contribution >= 4 is 23.5 Å². The first kappa shape index (κ1) is 29.1. The molecule has 1 saturated carbocycles. The zero-order valence-electron chi connectivity index (χ0n) is 24.7. The van der Waals surface area contributed by atoms with Crippen molar-refractivity contribution in [1.29, 1.82) is 5.26 Å². The van der Waals surface area contributed by atoms with Crippen molar-refractivity contribution in [3.63, 3.8) is 0 Å². The minimum Gasteiger partial charge on any atom is -0.445 e. The van der Waals surface area contributed by atoms with E-state index in [-0.39, 0.29) is 36.9 Å². The second-order valence-electron chi connectivity index (χ2n) is 11.6. The number of amides is 1. The van der Waals surface area contributed by atoms with Crippen molar-refractivity contribution < 1.29 is 14.3 Å². The van der Waals surface area contributed by atoms with Gasteiger partial charge in [0.05, 0.1) is 35.6 Å². The molecule has 10 nitrogen and oxygen atoms in total. The minimum atomic E-state index is -0.287. The molecular formula is C34H35N7O3. The average molecular weight is 590 g/mol. The maximum Gasteiger partial charge on any atom is 0.410 e. The maximum absolute atomic E-state index is 12.7. The van der Waals surface area contributed by atoms with Gasteiger partial charge in [-0.05, 0) is 49.7 Å². The molecule has 0 spiro atoms. The molecular weight excluding hydrogens is 554 g/mol. The van der Waals surface area contributed by atoms with Gasteiger partial charge in [0, 0.05) is 43.0 Å². The van der Waals surface area contributed by atoms with E-state index in [2.05, 4.69) is 21.5 Å². The summed E-state index contributed by atoms with van der Waals surface area (Å²) in [6.45, 7) is 3.43. The molecule has 4 aromatic rings. The minimum absolute atomic E-state index is 0.00226. The lowest BCUT2D eigenvalue weighted by Gasteiger charge is -2.31. The third-order valence-corrected chi connectivity index (χ3v) is 8.37. The number of rotatable bonds is 10. The van der Waals surface area contributed by atoms with E-state index in [9.17, 15) is 14.9 Å². The van der Waals surface area contributed by atoms with E-state index in [1.54, 1.807) is 17.3 Å². The summed E-state index contributed by atoms with van der Waals surface area (Å²) in [7, 11) is 0. The lowest BCUT2D eigenvalue weighted by Crippen LogP contribution is -2.39. The van der Waals surface area contributed by atoms with E-state index in [1.165, 1.54) is 0 Å². The zero-order valence-corrected chi connectivity index (χ0v) is 24.7. The Bertz CT molecular complexity index is 1650. The van der Waals surface area contributed by atoms with Crippen LogP contribution in [-0.2, 0) is 11.3 Å². The number of carbonyl (C=O) groups excluding carboxylic acids is 2. The van der Waals surface area contributed by atoms with Gasteiger partial charge >= 0.3 is 6.09 Å². The normalized spacial score (nSPS) is 15.8. The number of nitriles is 1. The van der Waals surface area contributed by atoms with Gasteiger partial charge in [-0.3, -0.25) is 9.48 Å². The van der Waals surface area contributed by atoms with E-state index in [0.717, 1.165) is 53.8 Å². The number of nitrogens with one attached hydrogen (secondary N) is 1. The number of nitrogens with zero attached hydrogens (tertiary/aromatic N) is 6. The standard InChI is InChI=1S/C34H35N7O3/c1-23-19-36-33(39-32(23)27-11-9-26(10-12-27)31(42)17-28(18-35)25-7-8-25)38-29-20-37-41(21-29)30-13-15-40(16-14-30)34(43)44-22-24-5-3-2-4-6-24/h2-6,9-12,19-21,25,28,30H,7-8,13-17,22H2,1H3,(H,36,38,39)/t28-/m1/s1. The third kappa shape index (κ3) is 6.94. The van der Waals surface area contributed by atoms with Gasteiger partial charge in [-0.2, -0.15) is 10.4 Å². The van der Waals surface area contributed by atoms with Gasteiger partial charge in [0.2, 0.25) is 5.95 Å². The predicted octanol–water partition coefficient (Wildman–Crippen LogP) is 6.49. The van der Waals surface area contributed by atoms with Crippen LogP contribution in [0.3, 0.4) is 0 Å². The Balaban J connectivity index is 1.03. The van der Waals surface area contributed by atoms with Crippen LogP contribution >= 0.6 is 0 Å². The van der Waals surface area contributed by atoms with Gasteiger partial charge < -0.3 is 15.0 Å². The number of hydrogen-bond donors (Lipinski definition) is 1. The van der Waals surface area contributed by atoms with Crippen molar-refractivity contribution in [2.45, 2.75) is 51.7 Å². The molecule has 0 radical (unpaired) electrons. The second kappa shape index (κ2) is 13.1. The van der Waals surface area contributed by atoms with Gasteiger partial charge in [0.15, 0.2) is 5.78 Å². The molecule has 10 heteroatoms. The summed E-state index contributed by atoms with van der Waals surface area (Å²) in [5, 5.41) is 17.2. The monoisotopic (exact) mass is 589 g/mol. The number of aryl methyl sites for hydroxylation is 1. The number of benzene rings is 2. The molecule has 2 aliphatic rings. The predicted molar refractivity (Wildman–Crippen MR) is 165 cm³/mol. The summed E-state index contributed by atoms with van der Waals surface area (Å²) in [5.74, 6) is 0.634. The Morgan fingerprint density at radius 2 is 1.80 bits per heavy atom. The topological polar surface area (TPSA) is 126 Å². The molecule has 1 aliphatic carbocycles. The van der Waals surface area contributed by atoms with E-state index in [0.29, 0.717) is 30.5 Å². The number of anilines is 2. The molecule has 0 bridgehead atoms. The highest BCUT2D eigenvalue weighted by Gasteiger charge is 2.32. The fourth-order valence-corrected chi connectivity index (χ4v) is 5.60. The molecule has 0 unspecified atom stereocenters. The first-order valence-corrected chi connectivity index (χ1v) is 15.1. The van der Waals surface area contributed by atoms with Crippen LogP contribution in [0.15, 0.2) is 73.2 Å². The molecule has 2 aromatic carbocycles. The number of piperidine rings is 1. The van der Waals surface area contributed by atoms with Gasteiger partial charge in [-0.25, -0.2) is 14.8 Å². The SMILES string of the molecule is Cc1cnc(Nc2cnn(C3CCN(C(=O)OCc4ccccc4)CC3)c2)nc1-c1ccc(C(=O)C[C@H](C#N)C2CC2)cc1. The molecule has 1 amide bonds. The Morgan fingerprint density at radius 1 is 1.05 bits per heavy atom. The highest BCUT2D eigenvalue weighted by atomic mass is 16.6. The Kier molecular flexibility index (Phi) is 8.64. The third-order valence-electron chi connectivity index (χ3n) is 8.37. The van der Waals surface area contributed by atoms with E-state index < -0.39 is 0 Å². The second-order valence-corrected chi connectivity index (χ2v) is 11.6. The first-order valence-electron chi connectivity index (χ1n) is 15.1. The molecule has 3 heterocycles. The molecule has 2 fully saturated rings. The number of ether oxygens (including phenoxy) is 1. The van der Waals surface area contributed by atoms with Crippen LogP contribution in [0.5, 0.6) is 0 Å². The molecule has 1 aliphatic heterocycles.